The number of aromatic nitrogens is 1. The summed E-state index contributed by atoms with van der Waals surface area (Å²) in [6.45, 7) is 3.46. The average Bonchev–Trinajstić information content (AvgIpc) is 2.79. The molecule has 1 aromatic heterocycles. The van der Waals surface area contributed by atoms with E-state index < -0.39 is 28.0 Å². The quantitative estimate of drug-likeness (QED) is 0.442. The van der Waals surface area contributed by atoms with Crippen molar-refractivity contribution in [2.24, 2.45) is 5.10 Å². The zero-order chi connectivity index (χ0) is 17.1. The summed E-state index contributed by atoms with van der Waals surface area (Å²) in [5, 5.41) is 34.1. The number of nitro benzene ring substituents is 1. The number of phenolic OH excluding ortho intramolecular Hbond substituents is 2. The summed E-state index contributed by atoms with van der Waals surface area (Å²) < 4.78 is 0. The molecule has 2 rings (SSSR count). The number of nitrogens with zero attached hydrogens (tertiary/aromatic N) is 3. The minimum atomic E-state index is -0.797. The van der Waals surface area contributed by atoms with E-state index in [1.807, 2.05) is 0 Å². The molecule has 23 heavy (non-hydrogen) atoms. The first-order chi connectivity index (χ1) is 10.8. The van der Waals surface area contributed by atoms with Gasteiger partial charge in [0.25, 0.3) is 5.91 Å². The number of thiazole rings is 1. The monoisotopic (exact) mass is 336 g/mol. The smallest absolute Gasteiger partial charge is 0.311 e. The van der Waals surface area contributed by atoms with Crippen LogP contribution in [0.15, 0.2) is 17.2 Å². The van der Waals surface area contributed by atoms with Crippen molar-refractivity contribution >= 4 is 29.1 Å². The van der Waals surface area contributed by atoms with Crippen LogP contribution in [0.25, 0.3) is 0 Å². The summed E-state index contributed by atoms with van der Waals surface area (Å²) in [5.41, 5.74) is 2.22. The highest BCUT2D eigenvalue weighted by atomic mass is 32.1. The first-order valence-electron chi connectivity index (χ1n) is 6.27. The maximum Gasteiger partial charge on any atom is 0.311 e. The molecular formula is C13H12N4O5S. The highest BCUT2D eigenvalue weighted by Crippen LogP contribution is 2.31. The lowest BCUT2D eigenvalue weighted by Gasteiger charge is -2.01. The predicted molar refractivity (Wildman–Crippen MR) is 83.1 cm³/mol. The highest BCUT2D eigenvalue weighted by Gasteiger charge is 2.17. The number of hydrogen-bond donors (Lipinski definition) is 3. The van der Waals surface area contributed by atoms with Crippen molar-refractivity contribution in [3.8, 4) is 11.5 Å². The summed E-state index contributed by atoms with van der Waals surface area (Å²) in [6, 6.07) is 1.78. The molecule has 3 N–H and O–H groups in total. The van der Waals surface area contributed by atoms with Gasteiger partial charge in [-0.15, -0.1) is 11.3 Å². The number of aryl methyl sites for hydroxylation is 2. The number of hydrogen-bond acceptors (Lipinski definition) is 8. The third kappa shape index (κ3) is 3.61. The Bertz CT molecular complexity index is 815. The minimum Gasteiger partial charge on any atom is -0.507 e. The van der Waals surface area contributed by atoms with Crippen LogP contribution in [-0.2, 0) is 0 Å². The van der Waals surface area contributed by atoms with E-state index >= 15 is 0 Å². The SMILES string of the molecule is Cc1nc(C)c(C(=O)N/N=C/c2cc([N+](=O)[O-])c(O)cc2O)s1. The Morgan fingerprint density at radius 1 is 1.39 bits per heavy atom. The third-order valence-electron chi connectivity index (χ3n) is 2.80. The van der Waals surface area contributed by atoms with Crippen LogP contribution < -0.4 is 5.43 Å². The Balaban J connectivity index is 2.17. The Labute approximate surface area is 134 Å². The minimum absolute atomic E-state index is 0.0213. The van der Waals surface area contributed by atoms with E-state index in [2.05, 4.69) is 15.5 Å². The maximum atomic E-state index is 11.9. The van der Waals surface area contributed by atoms with Gasteiger partial charge in [0.05, 0.1) is 21.8 Å². The van der Waals surface area contributed by atoms with Gasteiger partial charge in [-0.05, 0) is 13.8 Å². The van der Waals surface area contributed by atoms with Crippen LogP contribution in [0, 0.1) is 24.0 Å². The molecule has 10 heteroatoms. The largest absolute Gasteiger partial charge is 0.507 e. The van der Waals surface area contributed by atoms with Crippen molar-refractivity contribution in [1.82, 2.24) is 10.4 Å². The second kappa shape index (κ2) is 6.40. The van der Waals surface area contributed by atoms with Crippen LogP contribution in [0.1, 0.15) is 25.9 Å². The fraction of sp³-hybridized carbons (Fsp3) is 0.154. The molecule has 1 amide bonds. The Hall–Kier alpha value is -3.01. The highest BCUT2D eigenvalue weighted by molar-refractivity contribution is 7.13. The number of aromatic hydroxyl groups is 2. The first kappa shape index (κ1) is 16.4. The fourth-order valence-corrected chi connectivity index (χ4v) is 2.59. The molecule has 0 saturated heterocycles. The van der Waals surface area contributed by atoms with Crippen molar-refractivity contribution < 1.29 is 19.9 Å². The van der Waals surface area contributed by atoms with Gasteiger partial charge in [-0.25, -0.2) is 10.4 Å². The summed E-state index contributed by atoms with van der Waals surface area (Å²) in [5.74, 6) is -1.54. The van der Waals surface area contributed by atoms with Gasteiger partial charge >= 0.3 is 5.69 Å². The molecule has 1 heterocycles. The maximum absolute atomic E-state index is 11.9. The molecule has 0 bridgehead atoms. The molecular weight excluding hydrogens is 324 g/mol. The molecule has 0 aliphatic carbocycles. The van der Waals surface area contributed by atoms with E-state index in [-0.39, 0.29) is 5.56 Å². The van der Waals surface area contributed by atoms with Crippen molar-refractivity contribution in [2.75, 3.05) is 0 Å². The number of phenols is 2. The number of carbonyl (C=O) groups is 1. The number of rotatable bonds is 4. The number of carbonyl (C=O) groups excluding carboxylic acids is 1. The second-order valence-electron chi connectivity index (χ2n) is 4.50. The van der Waals surface area contributed by atoms with E-state index in [1.165, 1.54) is 11.3 Å². The third-order valence-corrected chi connectivity index (χ3v) is 3.87. The first-order valence-corrected chi connectivity index (χ1v) is 7.09. The zero-order valence-electron chi connectivity index (χ0n) is 12.1. The zero-order valence-corrected chi connectivity index (χ0v) is 12.9. The standard InChI is InChI=1S/C13H12N4O5S/c1-6-12(23-7(2)15-6)13(20)16-14-5-8-3-9(17(21)22)11(19)4-10(8)18/h3-5,18-19H,1-2H3,(H,16,20)/b14-5+. The summed E-state index contributed by atoms with van der Waals surface area (Å²) in [7, 11) is 0. The predicted octanol–water partition coefficient (Wildman–Crippen LogP) is 1.84. The summed E-state index contributed by atoms with van der Waals surface area (Å²) in [6.07, 6.45) is 1.04. The van der Waals surface area contributed by atoms with Crippen molar-refractivity contribution in [3.63, 3.8) is 0 Å². The number of amides is 1. The average molecular weight is 336 g/mol. The van der Waals surface area contributed by atoms with Crippen molar-refractivity contribution in [1.29, 1.82) is 0 Å². The lowest BCUT2D eigenvalue weighted by Crippen LogP contribution is -2.17. The van der Waals surface area contributed by atoms with Crippen LogP contribution >= 0.6 is 11.3 Å². The molecule has 0 saturated carbocycles. The molecule has 0 aliphatic rings. The van der Waals surface area contributed by atoms with Gasteiger partial charge in [0.1, 0.15) is 10.6 Å². The normalized spacial score (nSPS) is 10.9. The fourth-order valence-electron chi connectivity index (χ4n) is 1.78. The molecule has 0 atom stereocenters. The van der Waals surface area contributed by atoms with Gasteiger partial charge in [0.15, 0.2) is 5.75 Å². The van der Waals surface area contributed by atoms with Crippen LogP contribution in [0.3, 0.4) is 0 Å². The molecule has 0 aliphatic heterocycles. The molecule has 0 unspecified atom stereocenters. The topological polar surface area (TPSA) is 138 Å². The lowest BCUT2D eigenvalue weighted by molar-refractivity contribution is -0.385. The molecule has 2 aromatic rings. The number of nitrogens with one attached hydrogen (secondary N) is 1. The number of benzene rings is 1. The van der Waals surface area contributed by atoms with Crippen LogP contribution in [0.4, 0.5) is 5.69 Å². The number of hydrazone groups is 1. The molecule has 9 nitrogen and oxygen atoms in total. The van der Waals surface area contributed by atoms with Gasteiger partial charge in [-0.3, -0.25) is 14.9 Å². The molecule has 0 fully saturated rings. The van der Waals surface area contributed by atoms with E-state index in [1.54, 1.807) is 13.8 Å². The number of nitro groups is 1. The van der Waals surface area contributed by atoms with Gasteiger partial charge < -0.3 is 10.2 Å². The van der Waals surface area contributed by atoms with Crippen molar-refractivity contribution in [2.45, 2.75) is 13.8 Å². The Kier molecular flexibility index (Phi) is 4.55. The van der Waals surface area contributed by atoms with Gasteiger partial charge in [0, 0.05) is 17.7 Å². The Morgan fingerprint density at radius 3 is 2.65 bits per heavy atom. The molecule has 0 spiro atoms. The van der Waals surface area contributed by atoms with E-state index in [0.717, 1.165) is 23.4 Å². The van der Waals surface area contributed by atoms with Gasteiger partial charge in [-0.1, -0.05) is 0 Å². The molecule has 0 radical (unpaired) electrons. The Morgan fingerprint density at radius 2 is 2.09 bits per heavy atom. The van der Waals surface area contributed by atoms with Gasteiger partial charge in [-0.2, -0.15) is 5.10 Å². The van der Waals surface area contributed by atoms with E-state index in [0.29, 0.717) is 10.6 Å². The molecule has 1 aromatic carbocycles. The summed E-state index contributed by atoms with van der Waals surface area (Å²) >= 11 is 1.21. The van der Waals surface area contributed by atoms with Crippen LogP contribution in [0.2, 0.25) is 0 Å². The van der Waals surface area contributed by atoms with E-state index in [4.69, 9.17) is 0 Å². The second-order valence-corrected chi connectivity index (χ2v) is 5.71. The van der Waals surface area contributed by atoms with Crippen LogP contribution in [0.5, 0.6) is 11.5 Å². The van der Waals surface area contributed by atoms with E-state index in [9.17, 15) is 25.1 Å². The molecule has 120 valence electrons. The van der Waals surface area contributed by atoms with Crippen LogP contribution in [-0.4, -0.2) is 32.2 Å². The lowest BCUT2D eigenvalue weighted by atomic mass is 10.2. The summed E-state index contributed by atoms with van der Waals surface area (Å²) in [4.78, 5) is 26.4. The van der Waals surface area contributed by atoms with Gasteiger partial charge in [0.2, 0.25) is 0 Å². The van der Waals surface area contributed by atoms with Crippen molar-refractivity contribution in [3.05, 3.63) is 43.4 Å².